The Morgan fingerprint density at radius 3 is 2.63 bits per heavy atom. The fraction of sp³-hybridized carbons (Fsp3) is 0.533. The minimum absolute atomic E-state index is 0.0255. The van der Waals surface area contributed by atoms with E-state index in [9.17, 15) is 4.79 Å². The predicted molar refractivity (Wildman–Crippen MR) is 90.5 cm³/mol. The van der Waals surface area contributed by atoms with E-state index in [0.717, 1.165) is 24.2 Å². The molecule has 0 fully saturated rings. The smallest absolute Gasteiger partial charge is 0.251 e. The van der Waals surface area contributed by atoms with Crippen molar-refractivity contribution in [2.75, 3.05) is 30.0 Å². The summed E-state index contributed by atoms with van der Waals surface area (Å²) >= 11 is 2.40. The maximum absolute atomic E-state index is 12.0. The highest BCUT2D eigenvalue weighted by Gasteiger charge is 2.06. The third-order valence-corrected chi connectivity index (χ3v) is 3.73. The van der Waals surface area contributed by atoms with Gasteiger partial charge in [0.2, 0.25) is 0 Å². The van der Waals surface area contributed by atoms with Crippen molar-refractivity contribution in [2.45, 2.75) is 25.7 Å². The van der Waals surface area contributed by atoms with Gasteiger partial charge in [-0.15, -0.1) is 0 Å². The number of alkyl halides is 1. The average molecular weight is 374 g/mol. The summed E-state index contributed by atoms with van der Waals surface area (Å²) in [7, 11) is 3.95. The molecular formula is C15H23IN2O. The Morgan fingerprint density at radius 1 is 1.21 bits per heavy atom. The van der Waals surface area contributed by atoms with Gasteiger partial charge in [0, 0.05) is 31.9 Å². The first-order valence-electron chi connectivity index (χ1n) is 6.76. The summed E-state index contributed by atoms with van der Waals surface area (Å²) in [6, 6.07) is 7.70. The topological polar surface area (TPSA) is 32.3 Å². The first-order chi connectivity index (χ1) is 9.15. The van der Waals surface area contributed by atoms with Crippen LogP contribution in [0.1, 0.15) is 36.0 Å². The maximum Gasteiger partial charge on any atom is 0.251 e. The molecule has 0 saturated heterocycles. The number of rotatable bonds is 8. The summed E-state index contributed by atoms with van der Waals surface area (Å²) in [4.78, 5) is 14.0. The second-order valence-corrected chi connectivity index (χ2v) is 5.88. The molecule has 0 radical (unpaired) electrons. The van der Waals surface area contributed by atoms with Crippen LogP contribution in [0.4, 0.5) is 5.69 Å². The van der Waals surface area contributed by atoms with E-state index in [4.69, 9.17) is 0 Å². The molecule has 3 nitrogen and oxygen atoms in total. The van der Waals surface area contributed by atoms with E-state index in [1.54, 1.807) is 0 Å². The van der Waals surface area contributed by atoms with E-state index in [2.05, 4.69) is 27.9 Å². The number of anilines is 1. The third-order valence-electron chi connectivity index (χ3n) is 2.97. The Labute approximate surface area is 129 Å². The van der Waals surface area contributed by atoms with E-state index < -0.39 is 0 Å². The van der Waals surface area contributed by atoms with Crippen LogP contribution in [-0.2, 0) is 0 Å². The van der Waals surface area contributed by atoms with Gasteiger partial charge in [-0.2, -0.15) is 0 Å². The molecule has 1 N–H and O–H groups in total. The number of amides is 1. The minimum Gasteiger partial charge on any atom is -0.378 e. The van der Waals surface area contributed by atoms with Crippen molar-refractivity contribution in [1.82, 2.24) is 5.32 Å². The van der Waals surface area contributed by atoms with Gasteiger partial charge in [0.15, 0.2) is 0 Å². The fourth-order valence-corrected chi connectivity index (χ4v) is 2.34. The largest absolute Gasteiger partial charge is 0.378 e. The van der Waals surface area contributed by atoms with Gasteiger partial charge in [-0.1, -0.05) is 41.5 Å². The molecule has 0 unspecified atom stereocenters. The molecule has 106 valence electrons. The van der Waals surface area contributed by atoms with Crippen LogP contribution in [-0.4, -0.2) is 31.0 Å². The maximum atomic E-state index is 12.0. The van der Waals surface area contributed by atoms with E-state index in [0.29, 0.717) is 0 Å². The Balaban J connectivity index is 2.35. The number of unbranched alkanes of at least 4 members (excludes halogenated alkanes) is 3. The molecule has 0 aliphatic rings. The van der Waals surface area contributed by atoms with Crippen molar-refractivity contribution < 1.29 is 4.79 Å². The Morgan fingerprint density at radius 2 is 1.95 bits per heavy atom. The lowest BCUT2D eigenvalue weighted by Crippen LogP contribution is -2.24. The van der Waals surface area contributed by atoms with Gasteiger partial charge in [0.1, 0.15) is 0 Å². The van der Waals surface area contributed by atoms with Gasteiger partial charge in [-0.3, -0.25) is 4.79 Å². The van der Waals surface area contributed by atoms with Crippen LogP contribution in [0, 0.1) is 0 Å². The van der Waals surface area contributed by atoms with Gasteiger partial charge >= 0.3 is 0 Å². The summed E-state index contributed by atoms with van der Waals surface area (Å²) in [6.45, 7) is 0.770. The van der Waals surface area contributed by atoms with E-state index in [1.165, 1.54) is 23.7 Å². The highest BCUT2D eigenvalue weighted by atomic mass is 127. The molecule has 1 aromatic rings. The van der Waals surface area contributed by atoms with Crippen LogP contribution in [0.25, 0.3) is 0 Å². The quantitative estimate of drug-likeness (QED) is 0.429. The van der Waals surface area contributed by atoms with Crippen molar-refractivity contribution in [3.8, 4) is 0 Å². The third kappa shape index (κ3) is 6.27. The van der Waals surface area contributed by atoms with Gasteiger partial charge < -0.3 is 10.2 Å². The van der Waals surface area contributed by atoms with Crippen LogP contribution in [0.3, 0.4) is 0 Å². The Kier molecular flexibility index (Phi) is 7.86. The van der Waals surface area contributed by atoms with Crippen molar-refractivity contribution in [2.24, 2.45) is 0 Å². The molecular weight excluding hydrogens is 351 g/mol. The highest BCUT2D eigenvalue weighted by molar-refractivity contribution is 14.1. The van der Waals surface area contributed by atoms with Gasteiger partial charge in [0.05, 0.1) is 0 Å². The van der Waals surface area contributed by atoms with Crippen molar-refractivity contribution in [1.29, 1.82) is 0 Å². The Hall–Kier alpha value is -0.780. The van der Waals surface area contributed by atoms with E-state index in [1.807, 2.05) is 43.3 Å². The lowest BCUT2D eigenvalue weighted by Gasteiger charge is -2.13. The van der Waals surface area contributed by atoms with Crippen molar-refractivity contribution in [3.63, 3.8) is 0 Å². The highest BCUT2D eigenvalue weighted by Crippen LogP contribution is 2.13. The number of halogens is 1. The lowest BCUT2D eigenvalue weighted by atomic mass is 10.1. The number of benzene rings is 1. The standard InChI is InChI=1S/C15H23IN2O/c1-18(2)14-9-7-8-13(12-14)15(19)17-11-6-4-3-5-10-16/h7-9,12H,3-6,10-11H2,1-2H3,(H,17,19). The molecule has 19 heavy (non-hydrogen) atoms. The zero-order chi connectivity index (χ0) is 14.1. The molecule has 0 aliphatic heterocycles. The molecule has 1 amide bonds. The molecule has 0 spiro atoms. The molecule has 0 atom stereocenters. The normalized spacial score (nSPS) is 10.3. The summed E-state index contributed by atoms with van der Waals surface area (Å²) in [6.07, 6.45) is 4.80. The fourth-order valence-electron chi connectivity index (χ4n) is 1.80. The monoisotopic (exact) mass is 374 g/mol. The van der Waals surface area contributed by atoms with Gasteiger partial charge in [-0.05, 0) is 35.5 Å². The first-order valence-corrected chi connectivity index (χ1v) is 8.29. The number of hydrogen-bond donors (Lipinski definition) is 1. The number of carbonyl (C=O) groups is 1. The summed E-state index contributed by atoms with van der Waals surface area (Å²) in [5, 5.41) is 2.98. The molecule has 1 rings (SSSR count). The van der Waals surface area contributed by atoms with Crippen LogP contribution >= 0.6 is 22.6 Å². The molecule has 1 aromatic carbocycles. The predicted octanol–water partition coefficient (Wildman–Crippen LogP) is 3.48. The minimum atomic E-state index is 0.0255. The molecule has 0 heterocycles. The van der Waals surface area contributed by atoms with Crippen LogP contribution in [0.15, 0.2) is 24.3 Å². The molecule has 0 aliphatic carbocycles. The zero-order valence-electron chi connectivity index (χ0n) is 11.8. The molecule has 0 aromatic heterocycles. The molecule has 0 saturated carbocycles. The number of nitrogens with one attached hydrogen (secondary N) is 1. The second-order valence-electron chi connectivity index (χ2n) is 4.80. The van der Waals surface area contributed by atoms with Crippen molar-refractivity contribution in [3.05, 3.63) is 29.8 Å². The molecule has 4 heteroatoms. The van der Waals surface area contributed by atoms with E-state index >= 15 is 0 Å². The summed E-state index contributed by atoms with van der Waals surface area (Å²) < 4.78 is 1.22. The van der Waals surface area contributed by atoms with Crippen LogP contribution < -0.4 is 10.2 Å². The van der Waals surface area contributed by atoms with Gasteiger partial charge in [0.25, 0.3) is 5.91 Å². The van der Waals surface area contributed by atoms with Gasteiger partial charge in [-0.25, -0.2) is 0 Å². The SMILES string of the molecule is CN(C)c1cccc(C(=O)NCCCCCCI)c1. The molecule has 0 bridgehead atoms. The summed E-state index contributed by atoms with van der Waals surface area (Å²) in [5.74, 6) is 0.0255. The lowest BCUT2D eigenvalue weighted by molar-refractivity contribution is 0.0953. The summed E-state index contributed by atoms with van der Waals surface area (Å²) in [5.41, 5.74) is 1.79. The second kappa shape index (κ2) is 9.18. The van der Waals surface area contributed by atoms with E-state index in [-0.39, 0.29) is 5.91 Å². The average Bonchev–Trinajstić information content (AvgIpc) is 2.42. The van der Waals surface area contributed by atoms with Crippen LogP contribution in [0.5, 0.6) is 0 Å². The Bertz CT molecular complexity index is 393. The first kappa shape index (κ1) is 16.3. The number of carbonyl (C=O) groups excluding carboxylic acids is 1. The van der Waals surface area contributed by atoms with Crippen molar-refractivity contribution >= 4 is 34.2 Å². The number of hydrogen-bond acceptors (Lipinski definition) is 2. The number of nitrogens with zero attached hydrogens (tertiary/aromatic N) is 1. The van der Waals surface area contributed by atoms with Crippen LogP contribution in [0.2, 0.25) is 0 Å². The zero-order valence-corrected chi connectivity index (χ0v) is 13.9.